The van der Waals surface area contributed by atoms with E-state index in [2.05, 4.69) is 10.6 Å². The van der Waals surface area contributed by atoms with Crippen molar-refractivity contribution in [1.29, 1.82) is 0 Å². The van der Waals surface area contributed by atoms with Gasteiger partial charge in [0.2, 0.25) is 0 Å². The largest absolute Gasteiger partial charge is 0.338 e. The lowest BCUT2D eigenvalue weighted by Crippen LogP contribution is -2.38. The highest BCUT2D eigenvalue weighted by Gasteiger charge is 2.34. The molecule has 58 valence electrons. The SMILES string of the molecule is CCNC(=O)N[C@@H]1C[C@@H]1N. The Hall–Kier alpha value is -0.770. The van der Waals surface area contributed by atoms with Crippen molar-refractivity contribution in [3.63, 3.8) is 0 Å². The summed E-state index contributed by atoms with van der Waals surface area (Å²) in [5.41, 5.74) is 5.47. The average Bonchev–Trinajstić information content (AvgIpc) is 2.47. The Morgan fingerprint density at radius 3 is 2.80 bits per heavy atom. The molecule has 4 heteroatoms. The minimum Gasteiger partial charge on any atom is -0.338 e. The summed E-state index contributed by atoms with van der Waals surface area (Å²) < 4.78 is 0. The van der Waals surface area contributed by atoms with Crippen LogP contribution in [0.1, 0.15) is 13.3 Å². The summed E-state index contributed by atoms with van der Waals surface area (Å²) in [5.74, 6) is 0. The average molecular weight is 143 g/mol. The number of hydrogen-bond acceptors (Lipinski definition) is 2. The fourth-order valence-electron chi connectivity index (χ4n) is 0.761. The van der Waals surface area contributed by atoms with Gasteiger partial charge in [0.15, 0.2) is 0 Å². The molecule has 0 heterocycles. The van der Waals surface area contributed by atoms with Gasteiger partial charge in [-0.3, -0.25) is 0 Å². The van der Waals surface area contributed by atoms with Crippen LogP contribution in [0.4, 0.5) is 4.79 Å². The third-order valence-corrected chi connectivity index (χ3v) is 1.49. The van der Waals surface area contributed by atoms with Gasteiger partial charge in [-0.15, -0.1) is 0 Å². The van der Waals surface area contributed by atoms with E-state index >= 15 is 0 Å². The number of nitrogens with one attached hydrogen (secondary N) is 2. The van der Waals surface area contributed by atoms with Gasteiger partial charge in [0, 0.05) is 18.6 Å². The highest BCUT2D eigenvalue weighted by atomic mass is 16.2. The van der Waals surface area contributed by atoms with E-state index in [1.807, 2.05) is 6.92 Å². The summed E-state index contributed by atoms with van der Waals surface area (Å²) in [6.45, 7) is 2.54. The van der Waals surface area contributed by atoms with Gasteiger partial charge in [0.25, 0.3) is 0 Å². The molecule has 1 aliphatic rings. The second-order valence-corrected chi connectivity index (χ2v) is 2.51. The molecule has 0 aromatic rings. The summed E-state index contributed by atoms with van der Waals surface area (Å²) in [6.07, 6.45) is 0.914. The predicted octanol–water partition coefficient (Wildman–Crippen LogP) is -0.595. The van der Waals surface area contributed by atoms with Gasteiger partial charge >= 0.3 is 6.03 Å². The lowest BCUT2D eigenvalue weighted by atomic mass is 10.6. The first kappa shape index (κ1) is 7.34. The number of carbonyl (C=O) groups is 1. The molecule has 0 unspecified atom stereocenters. The van der Waals surface area contributed by atoms with Crippen molar-refractivity contribution in [3.05, 3.63) is 0 Å². The lowest BCUT2D eigenvalue weighted by Gasteiger charge is -2.02. The van der Waals surface area contributed by atoms with E-state index in [4.69, 9.17) is 5.73 Å². The van der Waals surface area contributed by atoms with E-state index in [1.54, 1.807) is 0 Å². The van der Waals surface area contributed by atoms with Gasteiger partial charge in [-0.2, -0.15) is 0 Å². The van der Waals surface area contributed by atoms with Crippen LogP contribution in [0.2, 0.25) is 0 Å². The maximum absolute atomic E-state index is 10.8. The van der Waals surface area contributed by atoms with Crippen LogP contribution < -0.4 is 16.4 Å². The van der Waals surface area contributed by atoms with Crippen molar-refractivity contribution in [3.8, 4) is 0 Å². The number of nitrogens with two attached hydrogens (primary N) is 1. The number of urea groups is 1. The van der Waals surface area contributed by atoms with E-state index in [-0.39, 0.29) is 18.1 Å². The van der Waals surface area contributed by atoms with E-state index in [1.165, 1.54) is 0 Å². The van der Waals surface area contributed by atoms with Crippen molar-refractivity contribution >= 4 is 6.03 Å². The Morgan fingerprint density at radius 1 is 1.80 bits per heavy atom. The third kappa shape index (κ3) is 1.88. The van der Waals surface area contributed by atoms with Crippen LogP contribution in [-0.2, 0) is 0 Å². The van der Waals surface area contributed by atoms with Crippen molar-refractivity contribution < 1.29 is 4.79 Å². The summed E-state index contributed by atoms with van der Waals surface area (Å²) in [5, 5.41) is 5.36. The molecule has 2 amide bonds. The van der Waals surface area contributed by atoms with Gasteiger partial charge in [-0.25, -0.2) is 4.79 Å². The Morgan fingerprint density at radius 2 is 2.40 bits per heavy atom. The molecule has 0 aromatic carbocycles. The fraction of sp³-hybridized carbons (Fsp3) is 0.833. The van der Waals surface area contributed by atoms with Crippen LogP contribution in [-0.4, -0.2) is 24.7 Å². The zero-order valence-electron chi connectivity index (χ0n) is 6.05. The van der Waals surface area contributed by atoms with Crippen molar-refractivity contribution in [1.82, 2.24) is 10.6 Å². The molecule has 0 aromatic heterocycles. The normalized spacial score (nSPS) is 29.4. The number of hydrogen-bond donors (Lipinski definition) is 3. The van der Waals surface area contributed by atoms with E-state index in [0.29, 0.717) is 6.54 Å². The first-order chi connectivity index (χ1) is 4.74. The number of amides is 2. The van der Waals surface area contributed by atoms with Crippen LogP contribution >= 0.6 is 0 Å². The van der Waals surface area contributed by atoms with Gasteiger partial charge in [0.1, 0.15) is 0 Å². The topological polar surface area (TPSA) is 67.2 Å². The first-order valence-electron chi connectivity index (χ1n) is 3.54. The molecule has 0 saturated heterocycles. The Labute approximate surface area is 60.2 Å². The van der Waals surface area contributed by atoms with Crippen LogP contribution in [0.15, 0.2) is 0 Å². The summed E-state index contributed by atoms with van der Waals surface area (Å²) in [7, 11) is 0. The fourth-order valence-corrected chi connectivity index (χ4v) is 0.761. The minimum atomic E-state index is -0.111. The van der Waals surface area contributed by atoms with Crippen LogP contribution in [0, 0.1) is 0 Å². The van der Waals surface area contributed by atoms with E-state index < -0.39 is 0 Å². The van der Waals surface area contributed by atoms with Gasteiger partial charge in [0.05, 0.1) is 0 Å². The predicted molar refractivity (Wildman–Crippen MR) is 38.6 cm³/mol. The maximum atomic E-state index is 10.8. The second-order valence-electron chi connectivity index (χ2n) is 2.51. The highest BCUT2D eigenvalue weighted by molar-refractivity contribution is 5.74. The molecule has 1 saturated carbocycles. The Balaban J connectivity index is 2.07. The summed E-state index contributed by atoms with van der Waals surface area (Å²) in [4.78, 5) is 10.8. The van der Waals surface area contributed by atoms with Crippen molar-refractivity contribution in [2.45, 2.75) is 25.4 Å². The lowest BCUT2D eigenvalue weighted by molar-refractivity contribution is 0.241. The van der Waals surface area contributed by atoms with Gasteiger partial charge < -0.3 is 16.4 Å². The molecule has 0 radical (unpaired) electrons. The molecular weight excluding hydrogens is 130 g/mol. The van der Waals surface area contributed by atoms with Crippen molar-refractivity contribution in [2.75, 3.05) is 6.54 Å². The molecule has 1 aliphatic carbocycles. The second kappa shape index (κ2) is 2.88. The molecule has 1 fully saturated rings. The van der Waals surface area contributed by atoms with Crippen LogP contribution in [0.25, 0.3) is 0 Å². The van der Waals surface area contributed by atoms with Gasteiger partial charge in [-0.05, 0) is 13.3 Å². The first-order valence-corrected chi connectivity index (χ1v) is 3.54. The summed E-state index contributed by atoms with van der Waals surface area (Å²) >= 11 is 0. The highest BCUT2D eigenvalue weighted by Crippen LogP contribution is 2.16. The third-order valence-electron chi connectivity index (χ3n) is 1.49. The standard InChI is InChI=1S/C6H13N3O/c1-2-8-6(10)9-5-3-4(5)7/h4-5H,2-3,7H2,1H3,(H2,8,9,10)/t4-,5+/m0/s1. The zero-order chi connectivity index (χ0) is 7.56. The molecule has 1 rings (SSSR count). The monoisotopic (exact) mass is 143 g/mol. The quantitative estimate of drug-likeness (QED) is 0.483. The maximum Gasteiger partial charge on any atom is 0.315 e. The molecule has 4 nitrogen and oxygen atoms in total. The summed E-state index contributed by atoms with van der Waals surface area (Å²) in [6, 6.07) is 0.287. The molecule has 0 bridgehead atoms. The smallest absolute Gasteiger partial charge is 0.315 e. The molecule has 2 atom stereocenters. The Bertz CT molecular complexity index is 137. The van der Waals surface area contributed by atoms with Crippen LogP contribution in [0.5, 0.6) is 0 Å². The Kier molecular flexibility index (Phi) is 2.11. The number of carbonyl (C=O) groups excluding carboxylic acids is 1. The van der Waals surface area contributed by atoms with Gasteiger partial charge in [-0.1, -0.05) is 0 Å². The molecular formula is C6H13N3O. The zero-order valence-corrected chi connectivity index (χ0v) is 6.05. The van der Waals surface area contributed by atoms with E-state index in [0.717, 1.165) is 6.42 Å². The minimum absolute atomic E-state index is 0.111. The number of rotatable bonds is 2. The molecule has 4 N–H and O–H groups in total. The van der Waals surface area contributed by atoms with E-state index in [9.17, 15) is 4.79 Å². The molecule has 0 aliphatic heterocycles. The molecule has 0 spiro atoms. The van der Waals surface area contributed by atoms with Crippen LogP contribution in [0.3, 0.4) is 0 Å². The molecule has 10 heavy (non-hydrogen) atoms. The van der Waals surface area contributed by atoms with Crippen molar-refractivity contribution in [2.24, 2.45) is 5.73 Å².